The van der Waals surface area contributed by atoms with E-state index in [0.717, 1.165) is 11.1 Å². The lowest BCUT2D eigenvalue weighted by molar-refractivity contribution is -0.137. The van der Waals surface area contributed by atoms with E-state index in [9.17, 15) is 14.7 Å². The molecule has 0 aromatic heterocycles. The van der Waals surface area contributed by atoms with E-state index >= 15 is 0 Å². The van der Waals surface area contributed by atoms with E-state index in [0.29, 0.717) is 5.56 Å². The van der Waals surface area contributed by atoms with E-state index in [1.165, 1.54) is 0 Å². The second kappa shape index (κ2) is 8.10. The smallest absolute Gasteiger partial charge is 0.303 e. The SMILES string of the molecule is O=C(O)CC[C@H](CO)NC(=O)c1ccc(-c2ccccc2)cc1. The molecule has 1 amide bonds. The van der Waals surface area contributed by atoms with E-state index in [1.54, 1.807) is 12.1 Å². The van der Waals surface area contributed by atoms with Gasteiger partial charge in [-0.2, -0.15) is 0 Å². The zero-order chi connectivity index (χ0) is 16.7. The first-order valence-electron chi connectivity index (χ1n) is 7.39. The molecule has 2 rings (SSSR count). The third-order valence-electron chi connectivity index (χ3n) is 3.52. The number of aliphatic hydroxyl groups excluding tert-OH is 1. The number of rotatable bonds is 7. The van der Waals surface area contributed by atoms with Gasteiger partial charge >= 0.3 is 5.97 Å². The lowest BCUT2D eigenvalue weighted by Crippen LogP contribution is -2.37. The molecule has 2 aromatic carbocycles. The van der Waals surface area contributed by atoms with Crippen LogP contribution in [0.15, 0.2) is 54.6 Å². The summed E-state index contributed by atoms with van der Waals surface area (Å²) in [6.45, 7) is -0.291. The van der Waals surface area contributed by atoms with Crippen molar-refractivity contribution in [2.75, 3.05) is 6.61 Å². The number of hydrogen-bond donors (Lipinski definition) is 3. The summed E-state index contributed by atoms with van der Waals surface area (Å²) in [7, 11) is 0. The van der Waals surface area contributed by atoms with Crippen molar-refractivity contribution in [1.82, 2.24) is 5.32 Å². The number of amides is 1. The molecule has 0 saturated heterocycles. The molecule has 3 N–H and O–H groups in total. The van der Waals surface area contributed by atoms with Crippen molar-refractivity contribution >= 4 is 11.9 Å². The highest BCUT2D eigenvalue weighted by Crippen LogP contribution is 2.19. The summed E-state index contributed by atoms with van der Waals surface area (Å²) < 4.78 is 0. The molecule has 0 saturated carbocycles. The Kier molecular flexibility index (Phi) is 5.88. The van der Waals surface area contributed by atoms with Crippen molar-refractivity contribution in [1.29, 1.82) is 0 Å². The van der Waals surface area contributed by atoms with Crippen LogP contribution in [0.3, 0.4) is 0 Å². The summed E-state index contributed by atoms with van der Waals surface area (Å²) in [6.07, 6.45) is 0.0954. The minimum Gasteiger partial charge on any atom is -0.481 e. The Morgan fingerprint density at radius 3 is 2.13 bits per heavy atom. The van der Waals surface area contributed by atoms with Gasteiger partial charge in [-0.25, -0.2) is 0 Å². The van der Waals surface area contributed by atoms with Gasteiger partial charge in [-0.1, -0.05) is 42.5 Å². The lowest BCUT2D eigenvalue weighted by atomic mass is 10.0. The number of benzene rings is 2. The maximum Gasteiger partial charge on any atom is 0.303 e. The van der Waals surface area contributed by atoms with Crippen LogP contribution < -0.4 is 5.32 Å². The molecule has 5 heteroatoms. The van der Waals surface area contributed by atoms with Crippen molar-refractivity contribution in [3.8, 4) is 11.1 Å². The highest BCUT2D eigenvalue weighted by Gasteiger charge is 2.14. The van der Waals surface area contributed by atoms with Gasteiger partial charge in [0.25, 0.3) is 5.91 Å². The van der Waals surface area contributed by atoms with Gasteiger partial charge in [-0.3, -0.25) is 9.59 Å². The second-order valence-corrected chi connectivity index (χ2v) is 5.23. The Morgan fingerprint density at radius 1 is 0.957 bits per heavy atom. The molecular formula is C18H19NO4. The Balaban J connectivity index is 2.01. The molecule has 0 spiro atoms. The standard InChI is InChI=1S/C18H19NO4/c20-12-16(10-11-17(21)22)19-18(23)15-8-6-14(7-9-15)13-4-2-1-3-5-13/h1-9,16,20H,10-12H2,(H,19,23)(H,21,22)/t16-/m1/s1. The number of carbonyl (C=O) groups is 2. The zero-order valence-corrected chi connectivity index (χ0v) is 12.6. The molecule has 5 nitrogen and oxygen atoms in total. The maximum absolute atomic E-state index is 12.1. The van der Waals surface area contributed by atoms with Crippen molar-refractivity contribution in [3.05, 3.63) is 60.2 Å². The van der Waals surface area contributed by atoms with Crippen molar-refractivity contribution in [2.45, 2.75) is 18.9 Å². The number of carboxylic acid groups (broad SMARTS) is 1. The van der Waals surface area contributed by atoms with Crippen molar-refractivity contribution in [3.63, 3.8) is 0 Å². The number of carboxylic acids is 1. The third kappa shape index (κ3) is 4.93. The van der Waals surface area contributed by atoms with Crippen LogP contribution in [-0.2, 0) is 4.79 Å². The van der Waals surface area contributed by atoms with Gasteiger partial charge in [0, 0.05) is 12.0 Å². The summed E-state index contributed by atoms with van der Waals surface area (Å²) in [5, 5.41) is 20.5. The van der Waals surface area contributed by atoms with Crippen LogP contribution in [-0.4, -0.2) is 34.7 Å². The molecule has 0 heterocycles. The van der Waals surface area contributed by atoms with Gasteiger partial charge in [0.1, 0.15) is 0 Å². The molecule has 0 unspecified atom stereocenters. The Labute approximate surface area is 134 Å². The monoisotopic (exact) mass is 313 g/mol. The number of hydrogen-bond acceptors (Lipinski definition) is 3. The van der Waals surface area contributed by atoms with Crippen LogP contribution in [0.4, 0.5) is 0 Å². The fourth-order valence-corrected chi connectivity index (χ4v) is 2.22. The Morgan fingerprint density at radius 2 is 1.57 bits per heavy atom. The van der Waals surface area contributed by atoms with Crippen LogP contribution in [0.1, 0.15) is 23.2 Å². The molecular weight excluding hydrogens is 294 g/mol. The molecule has 0 aliphatic heterocycles. The van der Waals surface area contributed by atoms with Gasteiger partial charge in [0.15, 0.2) is 0 Å². The second-order valence-electron chi connectivity index (χ2n) is 5.23. The molecule has 2 aromatic rings. The molecule has 0 aliphatic carbocycles. The van der Waals surface area contributed by atoms with E-state index in [4.69, 9.17) is 5.11 Å². The van der Waals surface area contributed by atoms with Crippen molar-refractivity contribution < 1.29 is 19.8 Å². The van der Waals surface area contributed by atoms with Gasteiger partial charge in [0.05, 0.1) is 12.6 Å². The van der Waals surface area contributed by atoms with Gasteiger partial charge in [-0.05, 0) is 29.7 Å². The summed E-state index contributed by atoms with van der Waals surface area (Å²) in [5.41, 5.74) is 2.54. The average Bonchev–Trinajstić information content (AvgIpc) is 2.59. The zero-order valence-electron chi connectivity index (χ0n) is 12.6. The minimum absolute atomic E-state index is 0.0988. The third-order valence-corrected chi connectivity index (χ3v) is 3.52. The fourth-order valence-electron chi connectivity index (χ4n) is 2.22. The lowest BCUT2D eigenvalue weighted by Gasteiger charge is -2.15. The Hall–Kier alpha value is -2.66. The van der Waals surface area contributed by atoms with E-state index < -0.39 is 12.0 Å². The highest BCUT2D eigenvalue weighted by molar-refractivity contribution is 5.94. The summed E-state index contributed by atoms with van der Waals surface area (Å²) in [5.74, 6) is -1.28. The Bertz CT molecular complexity index is 652. The first kappa shape index (κ1) is 16.7. The topological polar surface area (TPSA) is 86.6 Å². The molecule has 0 aliphatic rings. The first-order chi connectivity index (χ1) is 11.1. The average molecular weight is 313 g/mol. The minimum atomic E-state index is -0.954. The van der Waals surface area contributed by atoms with Crippen molar-refractivity contribution in [2.24, 2.45) is 0 Å². The summed E-state index contributed by atoms with van der Waals surface area (Å²) in [6, 6.07) is 16.4. The number of nitrogens with one attached hydrogen (secondary N) is 1. The van der Waals surface area contributed by atoms with E-state index in [1.807, 2.05) is 42.5 Å². The van der Waals surface area contributed by atoms with Crippen LogP contribution in [0.5, 0.6) is 0 Å². The molecule has 23 heavy (non-hydrogen) atoms. The molecule has 0 fully saturated rings. The predicted octanol–water partition coefficient (Wildman–Crippen LogP) is 2.31. The number of aliphatic hydroxyl groups is 1. The largest absolute Gasteiger partial charge is 0.481 e. The van der Waals surface area contributed by atoms with Crippen LogP contribution >= 0.6 is 0 Å². The van der Waals surface area contributed by atoms with Gasteiger partial charge in [0.2, 0.25) is 0 Å². The van der Waals surface area contributed by atoms with Gasteiger partial charge < -0.3 is 15.5 Å². The first-order valence-corrected chi connectivity index (χ1v) is 7.39. The molecule has 120 valence electrons. The van der Waals surface area contributed by atoms with E-state index in [2.05, 4.69) is 5.32 Å². The van der Waals surface area contributed by atoms with Crippen LogP contribution in [0.2, 0.25) is 0 Å². The molecule has 1 atom stereocenters. The maximum atomic E-state index is 12.1. The van der Waals surface area contributed by atoms with Crippen LogP contribution in [0, 0.1) is 0 Å². The van der Waals surface area contributed by atoms with E-state index in [-0.39, 0.29) is 25.4 Å². The normalized spacial score (nSPS) is 11.7. The number of aliphatic carboxylic acids is 1. The quantitative estimate of drug-likeness (QED) is 0.732. The number of carbonyl (C=O) groups excluding carboxylic acids is 1. The fraction of sp³-hybridized carbons (Fsp3) is 0.222. The molecule has 0 radical (unpaired) electrons. The van der Waals surface area contributed by atoms with Gasteiger partial charge in [-0.15, -0.1) is 0 Å². The molecule has 0 bridgehead atoms. The summed E-state index contributed by atoms with van der Waals surface area (Å²) in [4.78, 5) is 22.7. The highest BCUT2D eigenvalue weighted by atomic mass is 16.4. The van der Waals surface area contributed by atoms with Crippen LogP contribution in [0.25, 0.3) is 11.1 Å². The predicted molar refractivity (Wildman–Crippen MR) is 87.1 cm³/mol. The summed E-state index contributed by atoms with van der Waals surface area (Å²) >= 11 is 0.